The second kappa shape index (κ2) is 10.3. The molecule has 1 aromatic heterocycles. The first-order chi connectivity index (χ1) is 17.2. The molecule has 1 aromatic carbocycles. The van der Waals surface area contributed by atoms with Gasteiger partial charge in [-0.25, -0.2) is 0 Å². The highest BCUT2D eigenvalue weighted by molar-refractivity contribution is 5.97. The second-order valence-electron chi connectivity index (χ2n) is 12.9. The lowest BCUT2D eigenvalue weighted by atomic mass is 9.80. The van der Waals surface area contributed by atoms with Crippen molar-refractivity contribution in [1.82, 2.24) is 9.88 Å². The number of carboxylic acid groups (broad SMARTS) is 1. The third-order valence-electron chi connectivity index (χ3n) is 8.40. The first kappa shape index (κ1) is 27.4. The van der Waals surface area contributed by atoms with Crippen LogP contribution in [0.2, 0.25) is 0 Å². The molecule has 0 atom stereocenters. The molecule has 0 bridgehead atoms. The predicted molar refractivity (Wildman–Crippen MR) is 147 cm³/mol. The van der Waals surface area contributed by atoms with E-state index in [9.17, 15) is 19.8 Å². The van der Waals surface area contributed by atoms with E-state index in [1.807, 2.05) is 26.8 Å². The Hall–Kier alpha value is -2.60. The van der Waals surface area contributed by atoms with Gasteiger partial charge in [0.05, 0.1) is 17.1 Å². The van der Waals surface area contributed by atoms with E-state index in [2.05, 4.69) is 48.9 Å². The number of hydrogen-bond acceptors (Lipinski definition) is 3. The summed E-state index contributed by atoms with van der Waals surface area (Å²) in [5.41, 5.74) is 4.52. The molecule has 2 saturated carbocycles. The molecule has 2 fully saturated rings. The smallest absolute Gasteiger partial charge is 0.306 e. The van der Waals surface area contributed by atoms with Crippen molar-refractivity contribution in [1.29, 1.82) is 0 Å². The van der Waals surface area contributed by atoms with E-state index in [0.29, 0.717) is 24.3 Å². The molecule has 2 aromatic rings. The summed E-state index contributed by atoms with van der Waals surface area (Å²) in [6.45, 7) is 13.0. The third-order valence-corrected chi connectivity index (χ3v) is 8.40. The lowest BCUT2D eigenvalue weighted by Crippen LogP contribution is -2.46. The fourth-order valence-corrected chi connectivity index (χ4v) is 5.74. The molecular formula is C31H44N2O4. The Morgan fingerprint density at radius 3 is 2.16 bits per heavy atom. The van der Waals surface area contributed by atoms with Crippen LogP contribution in [0.5, 0.6) is 0 Å². The van der Waals surface area contributed by atoms with Gasteiger partial charge in [-0.3, -0.25) is 9.59 Å². The molecule has 0 radical (unpaired) electrons. The quantitative estimate of drug-likeness (QED) is 0.418. The molecule has 0 spiro atoms. The number of nitrogens with zero attached hydrogens (tertiary/aromatic N) is 1. The zero-order valence-electron chi connectivity index (χ0n) is 23.4. The van der Waals surface area contributed by atoms with E-state index >= 15 is 0 Å². The summed E-state index contributed by atoms with van der Waals surface area (Å²) in [5.74, 6) is -0.705. The summed E-state index contributed by atoms with van der Waals surface area (Å²) in [4.78, 5) is 24.6. The number of nitrogens with one attached hydrogen (secondary N) is 1. The Morgan fingerprint density at radius 1 is 0.973 bits per heavy atom. The number of benzene rings is 1. The van der Waals surface area contributed by atoms with Gasteiger partial charge < -0.3 is 20.1 Å². The van der Waals surface area contributed by atoms with Crippen LogP contribution in [-0.2, 0) is 22.4 Å². The van der Waals surface area contributed by atoms with Gasteiger partial charge in [-0.2, -0.15) is 0 Å². The Labute approximate surface area is 221 Å². The average Bonchev–Trinajstić information content (AvgIpc) is 3.11. The van der Waals surface area contributed by atoms with E-state index in [1.54, 1.807) is 0 Å². The van der Waals surface area contributed by atoms with Crippen LogP contribution in [0.25, 0.3) is 11.3 Å². The van der Waals surface area contributed by atoms with E-state index in [1.165, 1.54) is 32.1 Å². The number of rotatable bonds is 7. The summed E-state index contributed by atoms with van der Waals surface area (Å²) in [6, 6.07) is 8.26. The first-order valence-electron chi connectivity index (χ1n) is 13.9. The normalized spacial score (nSPS) is 20.9. The predicted octanol–water partition coefficient (Wildman–Crippen LogP) is 6.16. The number of aromatic nitrogens is 1. The fraction of sp³-hybridized carbons (Fsp3) is 0.613. The van der Waals surface area contributed by atoms with E-state index in [-0.39, 0.29) is 23.3 Å². The molecule has 6 heteroatoms. The average molecular weight is 509 g/mol. The number of amides is 1. The standard InChI is InChI=1S/C31H44N2O4/c1-19-26(28(34)32-25-14-22(15-25)29(35)36)17-27(33(19)18-20-10-8-7-9-11-20)21-12-23(30(2,3)4)16-24(13-21)31(5,6)37/h12-13,16-17,20,22,25,37H,7-11,14-15,18H2,1-6H3,(H,32,34)(H,35,36). The summed E-state index contributed by atoms with van der Waals surface area (Å²) in [6.07, 6.45) is 7.17. The van der Waals surface area contributed by atoms with Gasteiger partial charge in [0.15, 0.2) is 0 Å². The van der Waals surface area contributed by atoms with Gasteiger partial charge in [-0.15, -0.1) is 0 Å². The summed E-state index contributed by atoms with van der Waals surface area (Å²) >= 11 is 0. The van der Waals surface area contributed by atoms with Crippen LogP contribution in [0.4, 0.5) is 0 Å². The lowest BCUT2D eigenvalue weighted by Gasteiger charge is -2.32. The SMILES string of the molecule is Cc1c(C(=O)NC2CC(C(=O)O)C2)cc(-c2cc(C(C)(C)C)cc(C(C)(C)O)c2)n1CC1CCCCC1. The number of hydrogen-bond donors (Lipinski definition) is 3. The zero-order chi connectivity index (χ0) is 27.1. The third kappa shape index (κ3) is 6.11. The lowest BCUT2D eigenvalue weighted by molar-refractivity contribution is -0.145. The van der Waals surface area contributed by atoms with Crippen LogP contribution >= 0.6 is 0 Å². The van der Waals surface area contributed by atoms with Crippen molar-refractivity contribution in [2.45, 2.75) is 110 Å². The number of aliphatic carboxylic acids is 1. The van der Waals surface area contributed by atoms with Crippen LogP contribution in [0, 0.1) is 18.8 Å². The topological polar surface area (TPSA) is 91.6 Å². The Balaban J connectivity index is 1.75. The summed E-state index contributed by atoms with van der Waals surface area (Å²) in [5, 5.41) is 23.2. The van der Waals surface area contributed by atoms with Crippen molar-refractivity contribution < 1.29 is 19.8 Å². The molecule has 4 rings (SSSR count). The maximum absolute atomic E-state index is 13.4. The minimum atomic E-state index is -0.989. The van der Waals surface area contributed by atoms with Gasteiger partial charge >= 0.3 is 5.97 Å². The molecule has 1 heterocycles. The van der Waals surface area contributed by atoms with Crippen LogP contribution in [0.3, 0.4) is 0 Å². The molecule has 2 aliphatic rings. The maximum atomic E-state index is 13.4. The molecule has 3 N–H and O–H groups in total. The van der Waals surface area contributed by atoms with Gasteiger partial charge in [-0.05, 0) is 92.7 Å². The van der Waals surface area contributed by atoms with Crippen LogP contribution < -0.4 is 5.32 Å². The van der Waals surface area contributed by atoms with Gasteiger partial charge in [0.2, 0.25) is 0 Å². The van der Waals surface area contributed by atoms with Crippen molar-refractivity contribution in [2.24, 2.45) is 11.8 Å². The molecule has 2 aliphatic carbocycles. The van der Waals surface area contributed by atoms with Crippen LogP contribution in [0.15, 0.2) is 24.3 Å². The molecule has 6 nitrogen and oxygen atoms in total. The zero-order valence-corrected chi connectivity index (χ0v) is 23.4. The highest BCUT2D eigenvalue weighted by Gasteiger charge is 2.36. The number of carbonyl (C=O) groups is 2. The highest BCUT2D eigenvalue weighted by Crippen LogP contribution is 2.37. The van der Waals surface area contributed by atoms with E-state index < -0.39 is 11.6 Å². The van der Waals surface area contributed by atoms with Crippen molar-refractivity contribution in [2.75, 3.05) is 0 Å². The van der Waals surface area contributed by atoms with Gasteiger partial charge in [0, 0.05) is 24.0 Å². The van der Waals surface area contributed by atoms with Gasteiger partial charge in [0.25, 0.3) is 5.91 Å². The molecular weight excluding hydrogens is 464 g/mol. The molecule has 0 unspecified atom stereocenters. The molecule has 0 aliphatic heterocycles. The minimum Gasteiger partial charge on any atom is -0.481 e. The fourth-order valence-electron chi connectivity index (χ4n) is 5.74. The number of carboxylic acids is 1. The molecule has 202 valence electrons. The van der Waals surface area contributed by atoms with Crippen molar-refractivity contribution in [3.8, 4) is 11.3 Å². The van der Waals surface area contributed by atoms with E-state index in [4.69, 9.17) is 0 Å². The Kier molecular flexibility index (Phi) is 7.62. The molecule has 1 amide bonds. The minimum absolute atomic E-state index is 0.0934. The molecule has 0 saturated heterocycles. The summed E-state index contributed by atoms with van der Waals surface area (Å²) in [7, 11) is 0. The van der Waals surface area contributed by atoms with Crippen molar-refractivity contribution >= 4 is 11.9 Å². The Morgan fingerprint density at radius 2 is 1.59 bits per heavy atom. The van der Waals surface area contributed by atoms with Crippen molar-refractivity contribution in [3.05, 3.63) is 46.6 Å². The van der Waals surface area contributed by atoms with Gasteiger partial charge in [-0.1, -0.05) is 46.1 Å². The van der Waals surface area contributed by atoms with Crippen LogP contribution in [0.1, 0.15) is 107 Å². The first-order valence-corrected chi connectivity index (χ1v) is 13.9. The van der Waals surface area contributed by atoms with Crippen LogP contribution in [-0.4, -0.2) is 32.7 Å². The summed E-state index contributed by atoms with van der Waals surface area (Å²) < 4.78 is 2.31. The van der Waals surface area contributed by atoms with E-state index in [0.717, 1.165) is 34.6 Å². The molecule has 37 heavy (non-hydrogen) atoms. The largest absolute Gasteiger partial charge is 0.481 e. The van der Waals surface area contributed by atoms with Gasteiger partial charge in [0.1, 0.15) is 0 Å². The monoisotopic (exact) mass is 508 g/mol. The Bertz CT molecular complexity index is 1120. The second-order valence-corrected chi connectivity index (χ2v) is 12.9. The van der Waals surface area contributed by atoms with Crippen molar-refractivity contribution in [3.63, 3.8) is 0 Å². The maximum Gasteiger partial charge on any atom is 0.306 e. The number of carbonyl (C=O) groups excluding carboxylic acids is 1. The highest BCUT2D eigenvalue weighted by atomic mass is 16.4. The number of aliphatic hydroxyl groups is 1.